The molecule has 1 fully saturated rings. The van der Waals surface area contributed by atoms with Crippen LogP contribution in [0, 0.1) is 5.92 Å². The molecule has 0 aliphatic carbocycles. The van der Waals surface area contributed by atoms with Crippen LogP contribution >= 0.6 is 11.6 Å². The maximum atomic E-state index is 11.8. The lowest BCUT2D eigenvalue weighted by Crippen LogP contribution is -2.42. The molecule has 1 saturated heterocycles. The lowest BCUT2D eigenvalue weighted by atomic mass is 9.97. The number of hydrogen-bond donors (Lipinski definition) is 0. The molecule has 2 amide bonds. The van der Waals surface area contributed by atoms with Gasteiger partial charge in [0.15, 0.2) is 0 Å². The van der Waals surface area contributed by atoms with Crippen molar-refractivity contribution < 1.29 is 9.59 Å². The number of likely N-dealkylation sites (tertiary alicyclic amines) is 1. The highest BCUT2D eigenvalue weighted by Crippen LogP contribution is 2.22. The van der Waals surface area contributed by atoms with Crippen LogP contribution < -0.4 is 0 Å². The maximum Gasteiger partial charge on any atom is 0.229 e. The molecule has 0 aromatic carbocycles. The quantitative estimate of drug-likeness (QED) is 0.598. The number of rotatable bonds is 2. The van der Waals surface area contributed by atoms with Gasteiger partial charge in [-0.05, 0) is 12.0 Å². The molecule has 1 aromatic rings. The van der Waals surface area contributed by atoms with E-state index in [-0.39, 0.29) is 24.3 Å². The monoisotopic (exact) mass is 252 g/mol. The second-order valence-electron chi connectivity index (χ2n) is 4.34. The van der Waals surface area contributed by atoms with E-state index in [1.807, 2.05) is 6.92 Å². The average molecular weight is 253 g/mol. The second kappa shape index (κ2) is 4.84. The Morgan fingerprint density at radius 1 is 1.41 bits per heavy atom. The van der Waals surface area contributed by atoms with Crippen molar-refractivity contribution in [2.24, 2.45) is 5.92 Å². The van der Waals surface area contributed by atoms with Crippen molar-refractivity contribution in [2.75, 3.05) is 0 Å². The van der Waals surface area contributed by atoms with Crippen LogP contribution in [-0.2, 0) is 16.1 Å². The van der Waals surface area contributed by atoms with E-state index in [2.05, 4.69) is 4.98 Å². The first-order valence-corrected chi connectivity index (χ1v) is 5.88. The summed E-state index contributed by atoms with van der Waals surface area (Å²) in [5.41, 5.74) is 0.699. The van der Waals surface area contributed by atoms with Gasteiger partial charge in [0.25, 0.3) is 0 Å². The number of halogens is 1. The Hall–Kier alpha value is -1.42. The van der Waals surface area contributed by atoms with E-state index < -0.39 is 0 Å². The van der Waals surface area contributed by atoms with Gasteiger partial charge in [0.1, 0.15) is 5.15 Å². The number of nitrogens with zero attached hydrogens (tertiary/aromatic N) is 2. The number of hydrogen-bond acceptors (Lipinski definition) is 3. The molecule has 5 heteroatoms. The number of imide groups is 1. The Morgan fingerprint density at radius 3 is 2.65 bits per heavy atom. The van der Waals surface area contributed by atoms with E-state index >= 15 is 0 Å². The highest BCUT2D eigenvalue weighted by atomic mass is 35.5. The van der Waals surface area contributed by atoms with Crippen molar-refractivity contribution in [1.29, 1.82) is 0 Å². The van der Waals surface area contributed by atoms with E-state index in [4.69, 9.17) is 11.6 Å². The number of carbonyl (C=O) groups excluding carboxylic acids is 2. The fourth-order valence-electron chi connectivity index (χ4n) is 1.91. The number of carbonyl (C=O) groups is 2. The molecule has 0 radical (unpaired) electrons. The Kier molecular flexibility index (Phi) is 3.43. The molecule has 1 aromatic heterocycles. The predicted octanol–water partition coefficient (Wildman–Crippen LogP) is 2.02. The van der Waals surface area contributed by atoms with Gasteiger partial charge in [-0.2, -0.15) is 0 Å². The Bertz CT molecular complexity index is 444. The summed E-state index contributed by atoms with van der Waals surface area (Å²) >= 11 is 5.91. The number of amides is 2. The second-order valence-corrected chi connectivity index (χ2v) is 4.70. The highest BCUT2D eigenvalue weighted by Gasteiger charge is 2.30. The van der Waals surface area contributed by atoms with Crippen molar-refractivity contribution in [2.45, 2.75) is 26.3 Å². The third-order valence-electron chi connectivity index (χ3n) is 2.81. The van der Waals surface area contributed by atoms with Crippen LogP contribution in [0.25, 0.3) is 0 Å². The van der Waals surface area contributed by atoms with E-state index in [9.17, 15) is 9.59 Å². The third kappa shape index (κ3) is 2.64. The molecule has 0 atom stereocenters. The molecule has 2 heterocycles. The zero-order valence-electron chi connectivity index (χ0n) is 9.52. The molecule has 0 N–H and O–H groups in total. The van der Waals surface area contributed by atoms with Crippen LogP contribution in [0.2, 0.25) is 5.15 Å². The molecule has 0 spiro atoms. The molecular weight excluding hydrogens is 240 g/mol. The zero-order valence-corrected chi connectivity index (χ0v) is 10.3. The Labute approximate surface area is 105 Å². The first-order chi connectivity index (χ1) is 8.08. The molecule has 1 aliphatic heterocycles. The van der Waals surface area contributed by atoms with Gasteiger partial charge in [0.05, 0.1) is 6.54 Å². The van der Waals surface area contributed by atoms with Crippen LogP contribution in [0.3, 0.4) is 0 Å². The minimum Gasteiger partial charge on any atom is -0.278 e. The lowest BCUT2D eigenvalue weighted by molar-refractivity contribution is -0.150. The fourth-order valence-corrected chi connectivity index (χ4v) is 2.09. The summed E-state index contributed by atoms with van der Waals surface area (Å²) in [7, 11) is 0. The van der Waals surface area contributed by atoms with Gasteiger partial charge < -0.3 is 0 Å². The number of pyridine rings is 1. The lowest BCUT2D eigenvalue weighted by Gasteiger charge is -2.28. The van der Waals surface area contributed by atoms with Gasteiger partial charge in [0, 0.05) is 24.6 Å². The molecule has 0 unspecified atom stereocenters. The van der Waals surface area contributed by atoms with Crippen molar-refractivity contribution in [3.63, 3.8) is 0 Å². The Morgan fingerprint density at radius 2 is 2.06 bits per heavy atom. The van der Waals surface area contributed by atoms with Crippen LogP contribution in [0.1, 0.15) is 25.3 Å². The molecule has 2 rings (SSSR count). The van der Waals surface area contributed by atoms with Crippen molar-refractivity contribution >= 4 is 23.4 Å². The van der Waals surface area contributed by atoms with Crippen LogP contribution in [0.4, 0.5) is 0 Å². The van der Waals surface area contributed by atoms with Gasteiger partial charge in [-0.3, -0.25) is 14.5 Å². The summed E-state index contributed by atoms with van der Waals surface area (Å²) in [4.78, 5) is 28.7. The molecule has 0 saturated carbocycles. The van der Waals surface area contributed by atoms with E-state index in [1.165, 1.54) is 4.90 Å². The van der Waals surface area contributed by atoms with Crippen molar-refractivity contribution in [1.82, 2.24) is 9.88 Å². The van der Waals surface area contributed by atoms with Crippen LogP contribution in [0.15, 0.2) is 18.3 Å². The molecule has 1 aliphatic rings. The molecule has 4 nitrogen and oxygen atoms in total. The summed E-state index contributed by atoms with van der Waals surface area (Å²) in [6.07, 6.45) is 2.42. The summed E-state index contributed by atoms with van der Waals surface area (Å²) in [5.74, 6) is -0.127. The first-order valence-electron chi connectivity index (χ1n) is 5.50. The van der Waals surface area contributed by atoms with E-state index in [0.29, 0.717) is 23.6 Å². The van der Waals surface area contributed by atoms with Gasteiger partial charge >= 0.3 is 0 Å². The minimum absolute atomic E-state index is 0.131. The molecule has 17 heavy (non-hydrogen) atoms. The smallest absolute Gasteiger partial charge is 0.229 e. The van der Waals surface area contributed by atoms with Gasteiger partial charge in [-0.15, -0.1) is 0 Å². The maximum absolute atomic E-state index is 11.8. The van der Waals surface area contributed by atoms with E-state index in [0.717, 1.165) is 0 Å². The topological polar surface area (TPSA) is 50.3 Å². The summed E-state index contributed by atoms with van der Waals surface area (Å²) in [5, 5.41) is 0.340. The van der Waals surface area contributed by atoms with Gasteiger partial charge in [-0.25, -0.2) is 4.98 Å². The number of piperidine rings is 1. The normalized spacial score (nSPS) is 17.6. The Balaban J connectivity index is 2.16. The standard InChI is InChI=1S/C12H13ClN2O2/c1-8-5-10(16)15(11(17)6-8)7-9-3-2-4-14-12(9)13/h2-4,8H,5-7H2,1H3. The summed E-state index contributed by atoms with van der Waals surface area (Å²) < 4.78 is 0. The van der Waals surface area contributed by atoms with E-state index in [1.54, 1.807) is 18.3 Å². The zero-order chi connectivity index (χ0) is 12.4. The molecule has 90 valence electrons. The predicted molar refractivity (Wildman–Crippen MR) is 63.2 cm³/mol. The molecular formula is C12H13ClN2O2. The fraction of sp³-hybridized carbons (Fsp3) is 0.417. The van der Waals surface area contributed by atoms with Gasteiger partial charge in [-0.1, -0.05) is 24.6 Å². The molecule has 0 bridgehead atoms. The van der Waals surface area contributed by atoms with Crippen molar-refractivity contribution in [3.05, 3.63) is 29.0 Å². The van der Waals surface area contributed by atoms with Crippen LogP contribution in [0.5, 0.6) is 0 Å². The third-order valence-corrected chi connectivity index (χ3v) is 3.15. The highest BCUT2D eigenvalue weighted by molar-refractivity contribution is 6.30. The summed E-state index contributed by atoms with van der Waals surface area (Å²) in [6, 6.07) is 3.51. The minimum atomic E-state index is -0.131. The van der Waals surface area contributed by atoms with Crippen molar-refractivity contribution in [3.8, 4) is 0 Å². The van der Waals surface area contributed by atoms with Crippen LogP contribution in [-0.4, -0.2) is 21.7 Å². The first kappa shape index (κ1) is 12.0. The number of aromatic nitrogens is 1. The van der Waals surface area contributed by atoms with Gasteiger partial charge in [0.2, 0.25) is 11.8 Å². The largest absolute Gasteiger partial charge is 0.278 e. The average Bonchev–Trinajstić information content (AvgIpc) is 2.25. The SMILES string of the molecule is CC1CC(=O)N(Cc2cccnc2Cl)C(=O)C1. The summed E-state index contributed by atoms with van der Waals surface area (Å²) in [6.45, 7) is 2.13.